The summed E-state index contributed by atoms with van der Waals surface area (Å²) in [6.07, 6.45) is 0. The van der Waals surface area contributed by atoms with Crippen LogP contribution in [0, 0.1) is 6.92 Å². The van der Waals surface area contributed by atoms with Crippen molar-refractivity contribution in [2.75, 3.05) is 30.3 Å². The van der Waals surface area contributed by atoms with Crippen LogP contribution in [0.2, 0.25) is 0 Å². The van der Waals surface area contributed by atoms with Crippen LogP contribution < -0.4 is 10.6 Å². The van der Waals surface area contributed by atoms with E-state index in [-0.39, 0.29) is 6.61 Å². The molecule has 0 saturated carbocycles. The van der Waals surface area contributed by atoms with Gasteiger partial charge in [-0.2, -0.15) is 0 Å². The molecule has 0 atom stereocenters. The zero-order valence-corrected chi connectivity index (χ0v) is 8.80. The lowest BCUT2D eigenvalue weighted by atomic mass is 10.1. The fraction of sp³-hybridized carbons (Fsp3) is 0.455. The van der Waals surface area contributed by atoms with Crippen LogP contribution in [0.5, 0.6) is 0 Å². The standard InChI is InChI=1S/C11H18N2O/c1-3-12-11-5-4-10(8-9(11)2)13-6-7-14/h4-5,8,12-14H,3,6-7H2,1-2H3. The van der Waals surface area contributed by atoms with Crippen molar-refractivity contribution >= 4 is 11.4 Å². The van der Waals surface area contributed by atoms with Gasteiger partial charge in [0, 0.05) is 24.5 Å². The summed E-state index contributed by atoms with van der Waals surface area (Å²) in [4.78, 5) is 0. The third kappa shape index (κ3) is 2.92. The molecule has 0 aliphatic heterocycles. The van der Waals surface area contributed by atoms with Gasteiger partial charge < -0.3 is 15.7 Å². The highest BCUT2D eigenvalue weighted by molar-refractivity contribution is 5.59. The molecular formula is C11H18N2O. The zero-order valence-electron chi connectivity index (χ0n) is 8.80. The van der Waals surface area contributed by atoms with E-state index in [1.165, 1.54) is 11.3 Å². The molecule has 0 radical (unpaired) electrons. The average Bonchev–Trinajstić information content (AvgIpc) is 2.19. The summed E-state index contributed by atoms with van der Waals surface area (Å²) >= 11 is 0. The topological polar surface area (TPSA) is 44.3 Å². The highest BCUT2D eigenvalue weighted by atomic mass is 16.3. The lowest BCUT2D eigenvalue weighted by molar-refractivity contribution is 0.311. The van der Waals surface area contributed by atoms with Crippen LogP contribution in [-0.2, 0) is 0 Å². The quantitative estimate of drug-likeness (QED) is 0.670. The predicted octanol–water partition coefficient (Wildman–Crippen LogP) is 1.83. The van der Waals surface area contributed by atoms with E-state index in [1.54, 1.807) is 0 Å². The summed E-state index contributed by atoms with van der Waals surface area (Å²) in [5.74, 6) is 0. The van der Waals surface area contributed by atoms with Crippen LogP contribution in [0.15, 0.2) is 18.2 Å². The molecule has 0 bridgehead atoms. The predicted molar refractivity (Wildman–Crippen MR) is 60.9 cm³/mol. The number of anilines is 2. The first-order valence-electron chi connectivity index (χ1n) is 4.97. The molecule has 0 aromatic heterocycles. The third-order valence-corrected chi connectivity index (χ3v) is 2.03. The zero-order chi connectivity index (χ0) is 10.4. The van der Waals surface area contributed by atoms with Crippen molar-refractivity contribution in [3.8, 4) is 0 Å². The van der Waals surface area contributed by atoms with E-state index >= 15 is 0 Å². The van der Waals surface area contributed by atoms with E-state index in [0.29, 0.717) is 6.54 Å². The number of rotatable bonds is 5. The van der Waals surface area contributed by atoms with Gasteiger partial charge in [0.15, 0.2) is 0 Å². The Labute approximate surface area is 85.2 Å². The molecule has 0 saturated heterocycles. The van der Waals surface area contributed by atoms with Crippen molar-refractivity contribution < 1.29 is 5.11 Å². The van der Waals surface area contributed by atoms with Crippen molar-refractivity contribution in [2.24, 2.45) is 0 Å². The van der Waals surface area contributed by atoms with Crippen molar-refractivity contribution in [3.05, 3.63) is 23.8 Å². The van der Waals surface area contributed by atoms with Crippen molar-refractivity contribution in [1.29, 1.82) is 0 Å². The highest BCUT2D eigenvalue weighted by Crippen LogP contribution is 2.19. The van der Waals surface area contributed by atoms with E-state index in [9.17, 15) is 0 Å². The first kappa shape index (κ1) is 10.9. The fourth-order valence-corrected chi connectivity index (χ4v) is 1.36. The minimum Gasteiger partial charge on any atom is -0.395 e. The SMILES string of the molecule is CCNc1ccc(NCCO)cc1C. The van der Waals surface area contributed by atoms with Crippen LogP contribution in [0.3, 0.4) is 0 Å². The molecule has 0 aliphatic rings. The maximum atomic E-state index is 8.66. The molecule has 1 aromatic rings. The summed E-state index contributed by atoms with van der Waals surface area (Å²) in [7, 11) is 0. The summed E-state index contributed by atoms with van der Waals surface area (Å²) < 4.78 is 0. The van der Waals surface area contributed by atoms with Crippen LogP contribution in [-0.4, -0.2) is 24.8 Å². The molecule has 1 rings (SSSR count). The Morgan fingerprint density at radius 2 is 2.07 bits per heavy atom. The molecule has 3 heteroatoms. The highest BCUT2D eigenvalue weighted by Gasteiger charge is 1.97. The van der Waals surface area contributed by atoms with Crippen LogP contribution in [0.25, 0.3) is 0 Å². The van der Waals surface area contributed by atoms with Crippen molar-refractivity contribution in [1.82, 2.24) is 0 Å². The molecule has 0 amide bonds. The lowest BCUT2D eigenvalue weighted by Gasteiger charge is -2.10. The first-order chi connectivity index (χ1) is 6.77. The Morgan fingerprint density at radius 3 is 2.64 bits per heavy atom. The van der Waals surface area contributed by atoms with Gasteiger partial charge in [0.05, 0.1) is 6.61 Å². The van der Waals surface area contributed by atoms with Crippen molar-refractivity contribution in [2.45, 2.75) is 13.8 Å². The van der Waals surface area contributed by atoms with Gasteiger partial charge in [-0.3, -0.25) is 0 Å². The van der Waals surface area contributed by atoms with E-state index in [1.807, 2.05) is 6.07 Å². The second-order valence-electron chi connectivity index (χ2n) is 3.21. The van der Waals surface area contributed by atoms with Gasteiger partial charge in [0.25, 0.3) is 0 Å². The van der Waals surface area contributed by atoms with Gasteiger partial charge in [0.2, 0.25) is 0 Å². The van der Waals surface area contributed by atoms with Crippen LogP contribution in [0.4, 0.5) is 11.4 Å². The second-order valence-corrected chi connectivity index (χ2v) is 3.21. The average molecular weight is 194 g/mol. The molecular weight excluding hydrogens is 176 g/mol. The first-order valence-corrected chi connectivity index (χ1v) is 4.97. The summed E-state index contributed by atoms with van der Waals surface area (Å²) in [6.45, 7) is 5.84. The molecule has 3 nitrogen and oxygen atoms in total. The van der Waals surface area contributed by atoms with Gasteiger partial charge in [-0.1, -0.05) is 0 Å². The molecule has 0 spiro atoms. The molecule has 0 aliphatic carbocycles. The number of aliphatic hydroxyl groups is 1. The smallest absolute Gasteiger partial charge is 0.0604 e. The molecule has 0 unspecified atom stereocenters. The monoisotopic (exact) mass is 194 g/mol. The van der Waals surface area contributed by atoms with E-state index in [0.717, 1.165) is 12.2 Å². The van der Waals surface area contributed by atoms with Crippen molar-refractivity contribution in [3.63, 3.8) is 0 Å². The Bertz CT molecular complexity index is 287. The number of hydrogen-bond donors (Lipinski definition) is 3. The summed E-state index contributed by atoms with van der Waals surface area (Å²) in [6, 6.07) is 6.15. The van der Waals surface area contributed by atoms with Crippen LogP contribution in [0.1, 0.15) is 12.5 Å². The minimum atomic E-state index is 0.161. The number of aryl methyl sites for hydroxylation is 1. The summed E-state index contributed by atoms with van der Waals surface area (Å²) in [5.41, 5.74) is 3.44. The Morgan fingerprint density at radius 1 is 1.29 bits per heavy atom. The van der Waals surface area contributed by atoms with Gasteiger partial charge >= 0.3 is 0 Å². The normalized spacial score (nSPS) is 9.93. The third-order valence-electron chi connectivity index (χ3n) is 2.03. The fourth-order valence-electron chi connectivity index (χ4n) is 1.36. The summed E-state index contributed by atoms with van der Waals surface area (Å²) in [5, 5.41) is 15.1. The molecule has 0 fully saturated rings. The van der Waals surface area contributed by atoms with Crippen LogP contribution >= 0.6 is 0 Å². The Balaban J connectivity index is 2.68. The van der Waals surface area contributed by atoms with E-state index in [2.05, 4.69) is 36.6 Å². The molecule has 1 aromatic carbocycles. The molecule has 0 heterocycles. The number of aliphatic hydroxyl groups excluding tert-OH is 1. The van der Waals surface area contributed by atoms with E-state index < -0.39 is 0 Å². The van der Waals surface area contributed by atoms with Gasteiger partial charge in [-0.25, -0.2) is 0 Å². The number of nitrogens with one attached hydrogen (secondary N) is 2. The second kappa shape index (κ2) is 5.50. The minimum absolute atomic E-state index is 0.161. The maximum Gasteiger partial charge on any atom is 0.0604 e. The Kier molecular flexibility index (Phi) is 4.26. The molecule has 14 heavy (non-hydrogen) atoms. The largest absolute Gasteiger partial charge is 0.395 e. The Hall–Kier alpha value is -1.22. The van der Waals surface area contributed by atoms with Gasteiger partial charge in [0.1, 0.15) is 0 Å². The lowest BCUT2D eigenvalue weighted by Crippen LogP contribution is -2.06. The van der Waals surface area contributed by atoms with Gasteiger partial charge in [-0.05, 0) is 37.6 Å². The van der Waals surface area contributed by atoms with E-state index in [4.69, 9.17) is 5.11 Å². The number of hydrogen-bond acceptors (Lipinski definition) is 3. The van der Waals surface area contributed by atoms with Gasteiger partial charge in [-0.15, -0.1) is 0 Å². The maximum absolute atomic E-state index is 8.66. The number of benzene rings is 1. The molecule has 3 N–H and O–H groups in total. The molecule has 78 valence electrons.